The number of carbonyl (C=O) groups is 1. The van der Waals surface area contributed by atoms with Crippen molar-refractivity contribution in [3.05, 3.63) is 28.2 Å². The Morgan fingerprint density at radius 2 is 2.29 bits per heavy atom. The van der Waals surface area contributed by atoms with Gasteiger partial charge in [-0.2, -0.15) is 0 Å². The fourth-order valence-electron chi connectivity index (χ4n) is 1.77. The normalized spacial score (nSPS) is 20.1. The average Bonchev–Trinajstić information content (AvgIpc) is 2.41. The van der Waals surface area contributed by atoms with Crippen LogP contribution in [0.5, 0.6) is 0 Å². The molecule has 0 aromatic heterocycles. The SMILES string of the molecule is CCN1C(=O)[C@@H](N)c2cc(Br)ccc21. The monoisotopic (exact) mass is 254 g/mol. The van der Waals surface area contributed by atoms with Gasteiger partial charge in [0.1, 0.15) is 6.04 Å². The molecule has 0 fully saturated rings. The summed E-state index contributed by atoms with van der Waals surface area (Å²) in [5, 5.41) is 0. The molecule has 0 unspecified atom stereocenters. The predicted molar refractivity (Wildman–Crippen MR) is 59.1 cm³/mol. The molecule has 1 atom stereocenters. The third kappa shape index (κ3) is 1.26. The minimum atomic E-state index is -0.498. The van der Waals surface area contributed by atoms with E-state index in [1.54, 1.807) is 4.90 Å². The van der Waals surface area contributed by atoms with Crippen molar-refractivity contribution in [3.63, 3.8) is 0 Å². The largest absolute Gasteiger partial charge is 0.316 e. The maximum Gasteiger partial charge on any atom is 0.248 e. The average molecular weight is 255 g/mol. The Labute approximate surface area is 91.0 Å². The Bertz CT molecular complexity index is 392. The fourth-order valence-corrected chi connectivity index (χ4v) is 2.14. The minimum absolute atomic E-state index is 0.0133. The summed E-state index contributed by atoms with van der Waals surface area (Å²) in [4.78, 5) is 13.4. The summed E-state index contributed by atoms with van der Waals surface area (Å²) in [6, 6.07) is 5.26. The number of carbonyl (C=O) groups excluding carboxylic acids is 1. The molecule has 0 saturated heterocycles. The number of amides is 1. The number of anilines is 1. The number of benzene rings is 1. The highest BCUT2D eigenvalue weighted by Crippen LogP contribution is 2.35. The van der Waals surface area contributed by atoms with Crippen LogP contribution in [0.3, 0.4) is 0 Å². The summed E-state index contributed by atoms with van der Waals surface area (Å²) in [7, 11) is 0. The third-order valence-corrected chi connectivity index (χ3v) is 2.96. The van der Waals surface area contributed by atoms with Crippen molar-refractivity contribution in [2.75, 3.05) is 11.4 Å². The van der Waals surface area contributed by atoms with Gasteiger partial charge in [0.2, 0.25) is 5.91 Å². The molecule has 2 N–H and O–H groups in total. The van der Waals surface area contributed by atoms with Crippen LogP contribution in [0.15, 0.2) is 22.7 Å². The number of hydrogen-bond donors (Lipinski definition) is 1. The van der Waals surface area contributed by atoms with Crippen LogP contribution in [0.1, 0.15) is 18.5 Å². The highest BCUT2D eigenvalue weighted by atomic mass is 79.9. The van der Waals surface area contributed by atoms with Crippen LogP contribution in [0.2, 0.25) is 0 Å². The van der Waals surface area contributed by atoms with Gasteiger partial charge in [-0.1, -0.05) is 15.9 Å². The Kier molecular flexibility index (Phi) is 2.33. The van der Waals surface area contributed by atoms with Gasteiger partial charge in [-0.25, -0.2) is 0 Å². The lowest BCUT2D eigenvalue weighted by Crippen LogP contribution is -2.31. The molecular weight excluding hydrogens is 244 g/mol. The molecule has 1 aromatic carbocycles. The first-order valence-electron chi connectivity index (χ1n) is 4.51. The highest BCUT2D eigenvalue weighted by Gasteiger charge is 2.33. The summed E-state index contributed by atoms with van der Waals surface area (Å²) in [5.74, 6) is -0.0133. The quantitative estimate of drug-likeness (QED) is 0.831. The topological polar surface area (TPSA) is 46.3 Å². The number of hydrogen-bond acceptors (Lipinski definition) is 2. The van der Waals surface area contributed by atoms with E-state index in [2.05, 4.69) is 15.9 Å². The summed E-state index contributed by atoms with van der Waals surface area (Å²) < 4.78 is 0.956. The van der Waals surface area contributed by atoms with E-state index in [-0.39, 0.29) is 5.91 Å². The third-order valence-electron chi connectivity index (χ3n) is 2.46. The van der Waals surface area contributed by atoms with Gasteiger partial charge in [0.05, 0.1) is 0 Å². The van der Waals surface area contributed by atoms with Crippen molar-refractivity contribution in [1.82, 2.24) is 0 Å². The summed E-state index contributed by atoms with van der Waals surface area (Å²) in [5.41, 5.74) is 7.66. The molecule has 0 radical (unpaired) electrons. The molecule has 3 nitrogen and oxygen atoms in total. The molecule has 1 heterocycles. The number of rotatable bonds is 1. The fraction of sp³-hybridized carbons (Fsp3) is 0.300. The van der Waals surface area contributed by atoms with Gasteiger partial charge in [0.15, 0.2) is 0 Å². The van der Waals surface area contributed by atoms with E-state index in [4.69, 9.17) is 5.73 Å². The van der Waals surface area contributed by atoms with E-state index >= 15 is 0 Å². The molecule has 1 aliphatic rings. The van der Waals surface area contributed by atoms with Gasteiger partial charge < -0.3 is 10.6 Å². The number of nitrogens with zero attached hydrogens (tertiary/aromatic N) is 1. The number of halogens is 1. The molecule has 1 aliphatic heterocycles. The zero-order valence-electron chi connectivity index (χ0n) is 7.83. The molecule has 0 aliphatic carbocycles. The number of fused-ring (bicyclic) bond motifs is 1. The summed E-state index contributed by atoms with van der Waals surface area (Å²) >= 11 is 3.37. The lowest BCUT2D eigenvalue weighted by molar-refractivity contribution is -0.119. The first-order valence-corrected chi connectivity index (χ1v) is 5.31. The molecule has 0 spiro atoms. The Hall–Kier alpha value is -0.870. The van der Waals surface area contributed by atoms with E-state index in [9.17, 15) is 4.79 Å². The van der Waals surface area contributed by atoms with Gasteiger partial charge >= 0.3 is 0 Å². The van der Waals surface area contributed by atoms with Crippen LogP contribution >= 0.6 is 15.9 Å². The van der Waals surface area contributed by atoms with Crippen molar-refractivity contribution in [3.8, 4) is 0 Å². The Balaban J connectivity index is 2.55. The maximum absolute atomic E-state index is 11.7. The minimum Gasteiger partial charge on any atom is -0.316 e. The van der Waals surface area contributed by atoms with Crippen LogP contribution in [0.25, 0.3) is 0 Å². The molecular formula is C10H11BrN2O. The van der Waals surface area contributed by atoms with Gasteiger partial charge in [0, 0.05) is 22.3 Å². The Morgan fingerprint density at radius 3 is 2.93 bits per heavy atom. The van der Waals surface area contributed by atoms with Crippen LogP contribution in [0.4, 0.5) is 5.69 Å². The molecule has 1 amide bonds. The standard InChI is InChI=1S/C10H11BrN2O/c1-2-13-8-4-3-6(11)5-7(8)9(12)10(13)14/h3-5,9H,2,12H2,1H3/t9-/m0/s1. The van der Waals surface area contributed by atoms with Crippen molar-refractivity contribution in [2.45, 2.75) is 13.0 Å². The second-order valence-corrected chi connectivity index (χ2v) is 4.18. The molecule has 4 heteroatoms. The molecule has 74 valence electrons. The molecule has 1 aromatic rings. The van der Waals surface area contributed by atoms with Crippen LogP contribution in [-0.2, 0) is 4.79 Å². The smallest absolute Gasteiger partial charge is 0.248 e. The van der Waals surface area contributed by atoms with Crippen molar-refractivity contribution < 1.29 is 4.79 Å². The molecule has 2 rings (SSSR count). The van der Waals surface area contributed by atoms with E-state index in [0.717, 1.165) is 15.7 Å². The second kappa shape index (κ2) is 3.37. The molecule has 0 saturated carbocycles. The van der Waals surface area contributed by atoms with E-state index in [1.807, 2.05) is 25.1 Å². The molecule has 14 heavy (non-hydrogen) atoms. The predicted octanol–water partition coefficient (Wildman–Crippen LogP) is 1.82. The van der Waals surface area contributed by atoms with E-state index < -0.39 is 6.04 Å². The van der Waals surface area contributed by atoms with E-state index in [0.29, 0.717) is 6.54 Å². The first-order chi connectivity index (χ1) is 6.65. The van der Waals surface area contributed by atoms with Gasteiger partial charge in [-0.3, -0.25) is 4.79 Å². The highest BCUT2D eigenvalue weighted by molar-refractivity contribution is 9.10. The van der Waals surface area contributed by atoms with Crippen molar-refractivity contribution >= 4 is 27.5 Å². The summed E-state index contributed by atoms with van der Waals surface area (Å²) in [6.07, 6.45) is 0. The Morgan fingerprint density at radius 1 is 1.57 bits per heavy atom. The van der Waals surface area contributed by atoms with Gasteiger partial charge in [-0.05, 0) is 25.1 Å². The second-order valence-electron chi connectivity index (χ2n) is 3.26. The van der Waals surface area contributed by atoms with Crippen LogP contribution < -0.4 is 10.6 Å². The lowest BCUT2D eigenvalue weighted by Gasteiger charge is -2.14. The number of likely N-dealkylation sites (N-methyl/N-ethyl adjacent to an activating group) is 1. The van der Waals surface area contributed by atoms with Crippen LogP contribution in [-0.4, -0.2) is 12.5 Å². The van der Waals surface area contributed by atoms with Crippen LogP contribution in [0, 0.1) is 0 Å². The lowest BCUT2D eigenvalue weighted by atomic mass is 10.1. The van der Waals surface area contributed by atoms with Gasteiger partial charge in [0.25, 0.3) is 0 Å². The number of nitrogens with two attached hydrogens (primary N) is 1. The zero-order chi connectivity index (χ0) is 10.3. The summed E-state index contributed by atoms with van der Waals surface area (Å²) in [6.45, 7) is 2.61. The first kappa shape index (κ1) is 9.68. The zero-order valence-corrected chi connectivity index (χ0v) is 9.41. The van der Waals surface area contributed by atoms with Gasteiger partial charge in [-0.15, -0.1) is 0 Å². The molecule has 0 bridgehead atoms. The van der Waals surface area contributed by atoms with E-state index in [1.165, 1.54) is 0 Å². The maximum atomic E-state index is 11.7. The van der Waals surface area contributed by atoms with Crippen molar-refractivity contribution in [2.24, 2.45) is 5.73 Å². The van der Waals surface area contributed by atoms with Crippen molar-refractivity contribution in [1.29, 1.82) is 0 Å².